The van der Waals surface area contributed by atoms with E-state index in [1.807, 2.05) is 0 Å². The van der Waals surface area contributed by atoms with Crippen LogP contribution in [-0.2, 0) is 16.6 Å². The number of tetrazole rings is 1. The van der Waals surface area contributed by atoms with Crippen LogP contribution in [-0.4, -0.2) is 43.5 Å². The van der Waals surface area contributed by atoms with Gasteiger partial charge in [0.05, 0.1) is 12.5 Å². The van der Waals surface area contributed by atoms with Crippen LogP contribution in [0, 0.1) is 11.6 Å². The number of aliphatic hydroxyl groups excluding tert-OH is 1. The Bertz CT molecular complexity index is 1120. The van der Waals surface area contributed by atoms with Crippen LogP contribution in [0.3, 0.4) is 0 Å². The molecule has 1 saturated heterocycles. The fraction of sp³-hybridized carbons (Fsp3) is 0.217. The van der Waals surface area contributed by atoms with E-state index in [0.717, 1.165) is 0 Å². The Morgan fingerprint density at radius 3 is 2.19 bits per heavy atom. The largest absolute Gasteiger partial charge is 0.458 e. The Morgan fingerprint density at radius 2 is 1.69 bits per heavy atom. The van der Waals surface area contributed by atoms with E-state index in [-0.39, 0.29) is 12.8 Å². The van der Waals surface area contributed by atoms with Crippen LogP contribution in [0.5, 0.6) is 0 Å². The number of esters is 1. The topological polar surface area (TPSA) is 90.1 Å². The summed E-state index contributed by atoms with van der Waals surface area (Å²) in [7, 11) is 1.67. The molecule has 0 amide bonds. The summed E-state index contributed by atoms with van der Waals surface area (Å²) in [4.78, 5) is 11.7. The third kappa shape index (κ3) is 4.78. The van der Waals surface area contributed by atoms with Gasteiger partial charge in [-0.25, -0.2) is 13.5 Å². The number of cyclic esters (lactones) is 1. The zero-order valence-corrected chi connectivity index (χ0v) is 17.2. The second-order valence-electron chi connectivity index (χ2n) is 7.41. The summed E-state index contributed by atoms with van der Waals surface area (Å²) in [5.74, 6) is -0.880. The van der Waals surface area contributed by atoms with E-state index < -0.39 is 29.8 Å². The van der Waals surface area contributed by atoms with Gasteiger partial charge >= 0.3 is 5.97 Å². The average Bonchev–Trinajstić information content (AvgIpc) is 3.18. The molecule has 9 heteroatoms. The van der Waals surface area contributed by atoms with Gasteiger partial charge in [0.2, 0.25) is 0 Å². The summed E-state index contributed by atoms with van der Waals surface area (Å²) in [6, 6.07) is 11.7. The molecule has 164 valence electrons. The highest BCUT2D eigenvalue weighted by Crippen LogP contribution is 2.33. The summed E-state index contributed by atoms with van der Waals surface area (Å²) in [5, 5.41) is 21.6. The number of carbonyl (C=O) groups is 1. The predicted octanol–water partition coefficient (Wildman–Crippen LogP) is 3.07. The fourth-order valence-electron chi connectivity index (χ4n) is 3.57. The molecule has 1 aliphatic rings. The second-order valence-corrected chi connectivity index (χ2v) is 7.41. The van der Waals surface area contributed by atoms with Crippen LogP contribution >= 0.6 is 0 Å². The van der Waals surface area contributed by atoms with E-state index in [2.05, 4.69) is 15.5 Å². The van der Waals surface area contributed by atoms with Crippen LogP contribution in [0.15, 0.2) is 60.7 Å². The first-order chi connectivity index (χ1) is 15.4. The normalized spacial score (nSPS) is 18.6. The highest BCUT2D eigenvalue weighted by atomic mass is 19.1. The average molecular weight is 438 g/mol. The van der Waals surface area contributed by atoms with Gasteiger partial charge in [-0.1, -0.05) is 30.3 Å². The molecule has 0 aliphatic carbocycles. The summed E-state index contributed by atoms with van der Waals surface area (Å²) in [6.45, 7) is 0. The lowest BCUT2D eigenvalue weighted by Crippen LogP contribution is -2.31. The molecule has 1 aromatic heterocycles. The smallest absolute Gasteiger partial charge is 0.309 e. The van der Waals surface area contributed by atoms with E-state index in [1.54, 1.807) is 43.5 Å². The van der Waals surface area contributed by atoms with Crippen molar-refractivity contribution in [1.29, 1.82) is 0 Å². The maximum Gasteiger partial charge on any atom is 0.309 e. The Balaban J connectivity index is 1.90. The molecule has 1 fully saturated rings. The standard InChI is InChI=1S/C23H20F2N4O3/c1-29-23(26-27-28-29)20(11-10-19-12-18(30)13-21(31)32-19)22(14-2-6-16(24)7-3-14)15-4-8-17(25)9-5-15/h2-11,18-19,30H,12-13H2,1H3/t18-,19-/m0/s1. The van der Waals surface area contributed by atoms with E-state index in [4.69, 9.17) is 4.74 Å². The molecule has 0 saturated carbocycles. The van der Waals surface area contributed by atoms with Crippen LogP contribution in [0.2, 0.25) is 0 Å². The van der Waals surface area contributed by atoms with Crippen molar-refractivity contribution in [3.63, 3.8) is 0 Å². The third-order valence-electron chi connectivity index (χ3n) is 5.06. The maximum absolute atomic E-state index is 13.6. The first kappa shape index (κ1) is 21.5. The molecule has 4 rings (SSSR count). The number of nitrogens with zero attached hydrogens (tertiary/aromatic N) is 4. The molecule has 2 atom stereocenters. The van der Waals surface area contributed by atoms with Crippen LogP contribution in [0.1, 0.15) is 29.8 Å². The van der Waals surface area contributed by atoms with E-state index in [9.17, 15) is 18.7 Å². The summed E-state index contributed by atoms with van der Waals surface area (Å²) in [5.41, 5.74) is 2.48. The Kier molecular flexibility index (Phi) is 6.18. The van der Waals surface area contributed by atoms with E-state index >= 15 is 0 Å². The van der Waals surface area contributed by atoms with Crippen molar-refractivity contribution in [1.82, 2.24) is 20.2 Å². The Labute approximate surface area is 182 Å². The van der Waals surface area contributed by atoms with Crippen molar-refractivity contribution in [3.05, 3.63) is 89.3 Å². The van der Waals surface area contributed by atoms with Gasteiger partial charge in [0.1, 0.15) is 17.7 Å². The monoisotopic (exact) mass is 438 g/mol. The summed E-state index contributed by atoms with van der Waals surface area (Å²) < 4.78 is 34.0. The van der Waals surface area contributed by atoms with Gasteiger partial charge < -0.3 is 9.84 Å². The molecule has 1 aliphatic heterocycles. The van der Waals surface area contributed by atoms with Crippen LogP contribution in [0.4, 0.5) is 8.78 Å². The van der Waals surface area contributed by atoms with Crippen molar-refractivity contribution in [2.24, 2.45) is 7.05 Å². The van der Waals surface area contributed by atoms with Gasteiger partial charge in [0.25, 0.3) is 0 Å². The lowest BCUT2D eigenvalue weighted by atomic mass is 9.91. The maximum atomic E-state index is 13.6. The van der Waals surface area contributed by atoms with Crippen LogP contribution in [0.25, 0.3) is 11.1 Å². The van der Waals surface area contributed by atoms with Crippen molar-refractivity contribution in [2.75, 3.05) is 0 Å². The minimum absolute atomic E-state index is 0.0450. The number of aromatic nitrogens is 4. The quantitative estimate of drug-likeness (QED) is 0.487. The molecule has 0 unspecified atom stereocenters. The molecule has 2 heterocycles. The van der Waals surface area contributed by atoms with Gasteiger partial charge in [-0.15, -0.1) is 5.10 Å². The second kappa shape index (κ2) is 9.19. The lowest BCUT2D eigenvalue weighted by Gasteiger charge is -2.23. The lowest BCUT2D eigenvalue weighted by molar-refractivity contribution is -0.156. The Morgan fingerprint density at radius 1 is 1.09 bits per heavy atom. The summed E-state index contributed by atoms with van der Waals surface area (Å²) >= 11 is 0. The number of aliphatic hydroxyl groups is 1. The SMILES string of the molecule is Cn1nnnc1C(C=C[C@H]1C[C@H](O)CC(=O)O1)=C(c1ccc(F)cc1)c1ccc(F)cc1. The molecular weight excluding hydrogens is 418 g/mol. The van der Waals surface area contributed by atoms with Gasteiger partial charge in [-0.3, -0.25) is 4.79 Å². The molecule has 0 bridgehead atoms. The minimum Gasteiger partial charge on any atom is -0.458 e. The van der Waals surface area contributed by atoms with E-state index in [1.165, 1.54) is 28.9 Å². The number of halogens is 2. The van der Waals surface area contributed by atoms with Crippen molar-refractivity contribution >= 4 is 17.1 Å². The Hall–Kier alpha value is -3.72. The molecule has 1 N–H and O–H groups in total. The molecule has 2 aromatic carbocycles. The van der Waals surface area contributed by atoms with Crippen molar-refractivity contribution < 1.29 is 23.4 Å². The zero-order chi connectivity index (χ0) is 22.7. The first-order valence-electron chi connectivity index (χ1n) is 9.95. The molecular formula is C23H20F2N4O3. The van der Waals surface area contributed by atoms with Crippen LogP contribution < -0.4 is 0 Å². The molecule has 0 radical (unpaired) electrons. The van der Waals surface area contributed by atoms with E-state index in [0.29, 0.717) is 28.1 Å². The number of aryl methyl sites for hydroxylation is 1. The zero-order valence-electron chi connectivity index (χ0n) is 17.2. The highest BCUT2D eigenvalue weighted by Gasteiger charge is 2.26. The molecule has 7 nitrogen and oxygen atoms in total. The first-order valence-corrected chi connectivity index (χ1v) is 9.95. The molecule has 3 aromatic rings. The number of benzene rings is 2. The number of hydrogen-bond donors (Lipinski definition) is 1. The fourth-order valence-corrected chi connectivity index (χ4v) is 3.57. The number of hydrogen-bond acceptors (Lipinski definition) is 6. The number of allylic oxidation sites excluding steroid dienone is 2. The summed E-state index contributed by atoms with van der Waals surface area (Å²) in [6.07, 6.45) is 2.14. The number of ether oxygens (including phenoxy) is 1. The predicted molar refractivity (Wildman–Crippen MR) is 112 cm³/mol. The van der Waals surface area contributed by atoms with Gasteiger partial charge in [0.15, 0.2) is 5.82 Å². The number of rotatable bonds is 5. The van der Waals surface area contributed by atoms with Gasteiger partial charge in [-0.2, -0.15) is 0 Å². The minimum atomic E-state index is -0.788. The highest BCUT2D eigenvalue weighted by molar-refractivity contribution is 6.00. The molecule has 32 heavy (non-hydrogen) atoms. The van der Waals surface area contributed by atoms with Crippen molar-refractivity contribution in [3.8, 4) is 0 Å². The van der Waals surface area contributed by atoms with Gasteiger partial charge in [-0.05, 0) is 57.5 Å². The number of carbonyl (C=O) groups excluding carboxylic acids is 1. The molecule has 0 spiro atoms. The van der Waals surface area contributed by atoms with Gasteiger partial charge in [0, 0.05) is 19.0 Å². The third-order valence-corrected chi connectivity index (χ3v) is 5.06. The van der Waals surface area contributed by atoms with Crippen molar-refractivity contribution in [2.45, 2.75) is 25.0 Å².